The van der Waals surface area contributed by atoms with Crippen LogP contribution in [0.4, 0.5) is 0 Å². The van der Waals surface area contributed by atoms with E-state index in [1.54, 1.807) is 6.07 Å². The standard InChI is InChI=1S/C16H26O5/c1-12(2)8-18-10-20-15-5-14(17)6-16(7-15)21-11-19-9-13(3)4/h5-7,12-13,17H,8-11H2,1-4H3. The Kier molecular flexibility index (Phi) is 7.93. The Morgan fingerprint density at radius 1 is 0.810 bits per heavy atom. The average Bonchev–Trinajstić information content (AvgIpc) is 2.39. The molecule has 0 saturated heterocycles. The molecule has 21 heavy (non-hydrogen) atoms. The third-order valence-corrected chi connectivity index (χ3v) is 2.39. The summed E-state index contributed by atoms with van der Waals surface area (Å²) in [7, 11) is 0. The van der Waals surface area contributed by atoms with Crippen molar-refractivity contribution >= 4 is 0 Å². The van der Waals surface area contributed by atoms with Gasteiger partial charge in [0, 0.05) is 18.2 Å². The molecule has 1 rings (SSSR count). The highest BCUT2D eigenvalue weighted by Gasteiger charge is 2.04. The van der Waals surface area contributed by atoms with Gasteiger partial charge in [0.25, 0.3) is 0 Å². The van der Waals surface area contributed by atoms with Crippen LogP contribution in [0.25, 0.3) is 0 Å². The van der Waals surface area contributed by atoms with Crippen LogP contribution in [0.3, 0.4) is 0 Å². The highest BCUT2D eigenvalue weighted by Crippen LogP contribution is 2.27. The Hall–Kier alpha value is -1.46. The van der Waals surface area contributed by atoms with Gasteiger partial charge in [-0.3, -0.25) is 0 Å². The van der Waals surface area contributed by atoms with Gasteiger partial charge in [-0.25, -0.2) is 0 Å². The lowest BCUT2D eigenvalue weighted by atomic mass is 10.2. The quantitative estimate of drug-likeness (QED) is 0.530. The molecule has 0 spiro atoms. The molecule has 0 heterocycles. The first-order valence-electron chi connectivity index (χ1n) is 7.22. The fraction of sp³-hybridized carbons (Fsp3) is 0.625. The van der Waals surface area contributed by atoms with E-state index in [-0.39, 0.29) is 19.3 Å². The molecule has 0 bridgehead atoms. The molecule has 0 unspecified atom stereocenters. The average molecular weight is 298 g/mol. The molecule has 1 N–H and O–H groups in total. The smallest absolute Gasteiger partial charge is 0.189 e. The van der Waals surface area contributed by atoms with Crippen molar-refractivity contribution in [1.82, 2.24) is 0 Å². The van der Waals surface area contributed by atoms with E-state index in [1.165, 1.54) is 12.1 Å². The van der Waals surface area contributed by atoms with E-state index in [9.17, 15) is 5.11 Å². The highest BCUT2D eigenvalue weighted by molar-refractivity contribution is 5.41. The monoisotopic (exact) mass is 298 g/mol. The lowest BCUT2D eigenvalue weighted by molar-refractivity contribution is -0.00117. The fourth-order valence-corrected chi connectivity index (χ4v) is 1.51. The zero-order valence-electron chi connectivity index (χ0n) is 13.3. The Balaban J connectivity index is 2.39. The first-order valence-corrected chi connectivity index (χ1v) is 7.22. The van der Waals surface area contributed by atoms with Crippen molar-refractivity contribution in [1.29, 1.82) is 0 Å². The predicted octanol–water partition coefficient (Wildman–Crippen LogP) is 3.41. The van der Waals surface area contributed by atoms with E-state index in [0.29, 0.717) is 36.5 Å². The Bertz CT molecular complexity index is 369. The van der Waals surface area contributed by atoms with Crippen LogP contribution in [0.2, 0.25) is 0 Å². The maximum atomic E-state index is 9.64. The van der Waals surface area contributed by atoms with Crippen LogP contribution in [0.15, 0.2) is 18.2 Å². The predicted molar refractivity (Wildman–Crippen MR) is 80.7 cm³/mol. The Morgan fingerprint density at radius 3 is 1.62 bits per heavy atom. The second kappa shape index (κ2) is 9.47. The van der Waals surface area contributed by atoms with Crippen molar-refractivity contribution < 1.29 is 24.1 Å². The normalized spacial score (nSPS) is 11.1. The molecule has 0 aliphatic heterocycles. The zero-order valence-corrected chi connectivity index (χ0v) is 13.3. The molecule has 0 amide bonds. The van der Waals surface area contributed by atoms with Crippen molar-refractivity contribution in [3.63, 3.8) is 0 Å². The highest BCUT2D eigenvalue weighted by atomic mass is 16.7. The van der Waals surface area contributed by atoms with E-state index in [4.69, 9.17) is 18.9 Å². The molecule has 0 fully saturated rings. The third-order valence-electron chi connectivity index (χ3n) is 2.39. The first-order chi connectivity index (χ1) is 9.97. The third kappa shape index (κ3) is 8.42. The van der Waals surface area contributed by atoms with Gasteiger partial charge in [-0.05, 0) is 11.8 Å². The van der Waals surface area contributed by atoms with Crippen LogP contribution in [0.1, 0.15) is 27.7 Å². The molecule has 120 valence electrons. The van der Waals surface area contributed by atoms with Crippen LogP contribution in [0.5, 0.6) is 17.2 Å². The summed E-state index contributed by atoms with van der Waals surface area (Å²) in [6, 6.07) is 4.72. The van der Waals surface area contributed by atoms with Gasteiger partial charge in [0.1, 0.15) is 17.2 Å². The van der Waals surface area contributed by atoms with E-state index >= 15 is 0 Å². The van der Waals surface area contributed by atoms with Crippen molar-refractivity contribution in [3.05, 3.63) is 18.2 Å². The fourth-order valence-electron chi connectivity index (χ4n) is 1.51. The summed E-state index contributed by atoms with van der Waals surface area (Å²) in [6.45, 7) is 9.82. The summed E-state index contributed by atoms with van der Waals surface area (Å²) >= 11 is 0. The molecular weight excluding hydrogens is 272 g/mol. The molecule has 0 atom stereocenters. The summed E-state index contributed by atoms with van der Waals surface area (Å²) in [5, 5.41) is 9.64. The van der Waals surface area contributed by atoms with E-state index < -0.39 is 0 Å². The van der Waals surface area contributed by atoms with Crippen molar-refractivity contribution in [2.45, 2.75) is 27.7 Å². The summed E-state index contributed by atoms with van der Waals surface area (Å²) in [5.41, 5.74) is 0. The van der Waals surface area contributed by atoms with Gasteiger partial charge in [0.05, 0.1) is 13.2 Å². The molecule has 0 saturated carbocycles. The lowest BCUT2D eigenvalue weighted by Crippen LogP contribution is -2.09. The molecule has 1 aromatic rings. The largest absolute Gasteiger partial charge is 0.508 e. The minimum atomic E-state index is 0.0789. The zero-order chi connectivity index (χ0) is 15.7. The minimum absolute atomic E-state index is 0.0789. The maximum absolute atomic E-state index is 9.64. The molecule has 0 radical (unpaired) electrons. The van der Waals surface area contributed by atoms with Crippen LogP contribution < -0.4 is 9.47 Å². The number of hydrogen-bond donors (Lipinski definition) is 1. The number of aromatic hydroxyl groups is 1. The molecule has 0 aromatic heterocycles. The molecular formula is C16H26O5. The lowest BCUT2D eigenvalue weighted by Gasteiger charge is -2.12. The summed E-state index contributed by atoms with van der Waals surface area (Å²) in [5.74, 6) is 1.98. The maximum Gasteiger partial charge on any atom is 0.189 e. The van der Waals surface area contributed by atoms with Gasteiger partial charge in [0.15, 0.2) is 13.6 Å². The van der Waals surface area contributed by atoms with Crippen molar-refractivity contribution in [3.8, 4) is 17.2 Å². The summed E-state index contributed by atoms with van der Waals surface area (Å²) in [4.78, 5) is 0. The summed E-state index contributed by atoms with van der Waals surface area (Å²) in [6.07, 6.45) is 0. The molecule has 0 aliphatic rings. The van der Waals surface area contributed by atoms with E-state index in [0.717, 1.165) is 0 Å². The van der Waals surface area contributed by atoms with Crippen molar-refractivity contribution in [2.75, 3.05) is 26.8 Å². The topological polar surface area (TPSA) is 57.2 Å². The molecule has 0 aliphatic carbocycles. The number of ether oxygens (including phenoxy) is 4. The minimum Gasteiger partial charge on any atom is -0.508 e. The molecule has 5 heteroatoms. The van der Waals surface area contributed by atoms with E-state index in [1.807, 2.05) is 0 Å². The van der Waals surface area contributed by atoms with Crippen LogP contribution in [0, 0.1) is 11.8 Å². The Morgan fingerprint density at radius 2 is 1.24 bits per heavy atom. The van der Waals surface area contributed by atoms with Gasteiger partial charge < -0.3 is 24.1 Å². The second-order valence-electron chi connectivity index (χ2n) is 5.72. The number of hydrogen-bond acceptors (Lipinski definition) is 5. The number of phenolic OH excluding ortho intramolecular Hbond substituents is 1. The van der Waals surface area contributed by atoms with Gasteiger partial charge in [-0.2, -0.15) is 0 Å². The summed E-state index contributed by atoms with van der Waals surface area (Å²) < 4.78 is 21.5. The second-order valence-corrected chi connectivity index (χ2v) is 5.72. The number of rotatable bonds is 10. The first kappa shape index (κ1) is 17.6. The number of benzene rings is 1. The van der Waals surface area contributed by atoms with Gasteiger partial charge in [-0.15, -0.1) is 0 Å². The molecule has 1 aromatic carbocycles. The van der Waals surface area contributed by atoms with Gasteiger partial charge in [-0.1, -0.05) is 27.7 Å². The van der Waals surface area contributed by atoms with Gasteiger partial charge >= 0.3 is 0 Å². The SMILES string of the molecule is CC(C)COCOc1cc(O)cc(OCOCC(C)C)c1. The van der Waals surface area contributed by atoms with Gasteiger partial charge in [0.2, 0.25) is 0 Å². The Labute approximate surface area is 126 Å². The van der Waals surface area contributed by atoms with E-state index in [2.05, 4.69) is 27.7 Å². The van der Waals surface area contributed by atoms with Crippen LogP contribution >= 0.6 is 0 Å². The van der Waals surface area contributed by atoms with Crippen molar-refractivity contribution in [2.24, 2.45) is 11.8 Å². The van der Waals surface area contributed by atoms with Crippen LogP contribution in [-0.4, -0.2) is 31.9 Å². The van der Waals surface area contributed by atoms with Crippen LogP contribution in [-0.2, 0) is 9.47 Å². The number of phenols is 1. The molecule has 5 nitrogen and oxygen atoms in total.